The monoisotopic (exact) mass is 369 g/mol. The third-order valence-corrected chi connectivity index (χ3v) is 3.88. The number of carbonyl (C=O) groups excluding carboxylic acids is 2. The molecule has 0 unspecified atom stereocenters. The van der Waals surface area contributed by atoms with Crippen LogP contribution in [0.25, 0.3) is 11.7 Å². The van der Waals surface area contributed by atoms with Crippen molar-refractivity contribution in [3.63, 3.8) is 0 Å². The van der Waals surface area contributed by atoms with Crippen LogP contribution < -0.4 is 21.7 Å². The first-order chi connectivity index (χ1) is 12.5. The number of imide groups is 1. The van der Waals surface area contributed by atoms with Crippen molar-refractivity contribution >= 4 is 52.6 Å². The number of fused-ring (bicyclic) bond motifs is 1. The molecule has 3 amide bonds. The van der Waals surface area contributed by atoms with Gasteiger partial charge in [-0.2, -0.15) is 9.61 Å². The lowest BCUT2D eigenvalue weighted by Gasteiger charge is -2.08. The molecule has 4 rings (SSSR count). The molecule has 0 saturated carbocycles. The van der Waals surface area contributed by atoms with Gasteiger partial charge in [0, 0.05) is 22.3 Å². The molecule has 0 bridgehead atoms. The molecule has 0 radical (unpaired) electrons. The van der Waals surface area contributed by atoms with Gasteiger partial charge in [-0.15, -0.1) is 0 Å². The molecule has 10 heteroatoms. The van der Waals surface area contributed by atoms with Gasteiger partial charge in [0.05, 0.1) is 6.20 Å². The summed E-state index contributed by atoms with van der Waals surface area (Å²) < 4.78 is 1.43. The molecule has 1 aromatic carbocycles. The Morgan fingerprint density at radius 1 is 1.23 bits per heavy atom. The van der Waals surface area contributed by atoms with Crippen molar-refractivity contribution in [2.45, 2.75) is 0 Å². The molecule has 5 N–H and O–H groups in total. The van der Waals surface area contributed by atoms with Crippen LogP contribution in [-0.2, 0) is 4.79 Å². The van der Waals surface area contributed by atoms with E-state index in [1.807, 2.05) is 12.1 Å². The Morgan fingerprint density at radius 3 is 2.81 bits per heavy atom. The number of benzene rings is 1. The van der Waals surface area contributed by atoms with E-state index in [0.717, 1.165) is 5.69 Å². The Hall–Kier alpha value is -3.59. The van der Waals surface area contributed by atoms with Gasteiger partial charge in [0.25, 0.3) is 5.91 Å². The maximum atomic E-state index is 11.7. The summed E-state index contributed by atoms with van der Waals surface area (Å²) in [6, 6.07) is 8.21. The summed E-state index contributed by atoms with van der Waals surface area (Å²) in [5.41, 5.74) is 7.85. The van der Waals surface area contributed by atoms with Crippen LogP contribution in [0.5, 0.6) is 0 Å². The van der Waals surface area contributed by atoms with Crippen molar-refractivity contribution < 1.29 is 9.59 Å². The van der Waals surface area contributed by atoms with Crippen LogP contribution in [0.15, 0.2) is 42.2 Å². The topological polar surface area (TPSA) is 126 Å². The fourth-order valence-electron chi connectivity index (χ4n) is 2.52. The molecule has 1 saturated heterocycles. The van der Waals surface area contributed by atoms with Gasteiger partial charge in [-0.05, 0) is 24.3 Å². The highest BCUT2D eigenvalue weighted by Crippen LogP contribution is 2.23. The molecule has 1 aliphatic heterocycles. The molecule has 1 aliphatic rings. The van der Waals surface area contributed by atoms with Crippen molar-refractivity contribution in [3.8, 4) is 0 Å². The number of halogens is 1. The number of rotatable bonds is 3. The molecule has 1 fully saturated rings. The third kappa shape index (κ3) is 2.91. The summed E-state index contributed by atoms with van der Waals surface area (Å²) in [5, 5.41) is 12.4. The molecule has 0 spiro atoms. The molecule has 3 aromatic rings. The lowest BCUT2D eigenvalue weighted by atomic mass is 10.2. The average molecular weight is 370 g/mol. The Labute approximate surface area is 151 Å². The number of nitrogens with one attached hydrogen (secondary N) is 3. The fourth-order valence-corrected chi connectivity index (χ4v) is 2.71. The first kappa shape index (κ1) is 15.9. The highest BCUT2D eigenvalue weighted by atomic mass is 35.5. The van der Waals surface area contributed by atoms with Crippen molar-refractivity contribution in [2.24, 2.45) is 0 Å². The van der Waals surface area contributed by atoms with Crippen LogP contribution in [0.3, 0.4) is 0 Å². The zero-order chi connectivity index (χ0) is 18.3. The number of nitrogens with two attached hydrogens (primary N) is 1. The summed E-state index contributed by atoms with van der Waals surface area (Å²) in [6.45, 7) is 0. The summed E-state index contributed by atoms with van der Waals surface area (Å²) in [6.07, 6.45) is 2.99. The van der Waals surface area contributed by atoms with Crippen molar-refractivity contribution in [3.05, 3.63) is 52.8 Å². The molecule has 0 aliphatic carbocycles. The van der Waals surface area contributed by atoms with E-state index in [2.05, 4.69) is 26.0 Å². The predicted molar refractivity (Wildman–Crippen MR) is 96.8 cm³/mol. The fraction of sp³-hybridized carbons (Fsp3) is 0. The second-order valence-electron chi connectivity index (χ2n) is 5.50. The molecule has 26 heavy (non-hydrogen) atoms. The Balaban J connectivity index is 1.75. The number of hydrogen-bond acceptors (Lipinski definition) is 6. The first-order valence-corrected chi connectivity index (χ1v) is 7.88. The summed E-state index contributed by atoms with van der Waals surface area (Å²) in [4.78, 5) is 27.4. The molecular weight excluding hydrogens is 358 g/mol. The normalized spacial score (nSPS) is 15.3. The minimum atomic E-state index is -0.575. The zero-order valence-electron chi connectivity index (χ0n) is 13.2. The summed E-state index contributed by atoms with van der Waals surface area (Å²) in [5.74, 6) is 0.317. The van der Waals surface area contributed by atoms with E-state index in [1.165, 1.54) is 16.8 Å². The smallest absolute Gasteiger partial charge is 0.326 e. The maximum Gasteiger partial charge on any atom is 0.326 e. The van der Waals surface area contributed by atoms with Gasteiger partial charge >= 0.3 is 6.03 Å². The van der Waals surface area contributed by atoms with Gasteiger partial charge in [-0.3, -0.25) is 10.1 Å². The summed E-state index contributed by atoms with van der Waals surface area (Å²) >= 11 is 5.99. The number of nitrogen functional groups attached to an aromatic ring is 1. The van der Waals surface area contributed by atoms with Gasteiger partial charge in [0.15, 0.2) is 5.65 Å². The van der Waals surface area contributed by atoms with Crippen molar-refractivity contribution in [1.29, 1.82) is 0 Å². The number of aromatic nitrogens is 3. The highest BCUT2D eigenvalue weighted by molar-refractivity contribution is 6.30. The molecular formula is C16H12ClN7O2. The molecule has 2 aromatic heterocycles. The van der Waals surface area contributed by atoms with E-state index < -0.39 is 11.9 Å². The van der Waals surface area contributed by atoms with Crippen LogP contribution in [0, 0.1) is 0 Å². The van der Waals surface area contributed by atoms with Gasteiger partial charge in [0.1, 0.15) is 17.3 Å². The van der Waals surface area contributed by atoms with Gasteiger partial charge < -0.3 is 16.4 Å². The van der Waals surface area contributed by atoms with E-state index in [0.29, 0.717) is 27.9 Å². The van der Waals surface area contributed by atoms with Crippen LogP contribution in [0.1, 0.15) is 5.56 Å². The van der Waals surface area contributed by atoms with Crippen LogP contribution in [0.2, 0.25) is 5.02 Å². The SMILES string of the molecule is Nc1cc(Nc2cccc(Cl)c2)nc2c(/C=C3\NC(=O)NC3=O)cnn12. The molecule has 0 atom stereocenters. The van der Waals surface area contributed by atoms with Crippen molar-refractivity contribution in [2.75, 3.05) is 11.1 Å². The van der Waals surface area contributed by atoms with Crippen LogP contribution in [0.4, 0.5) is 22.1 Å². The number of amides is 3. The van der Waals surface area contributed by atoms with Gasteiger partial charge in [0.2, 0.25) is 0 Å². The lowest BCUT2D eigenvalue weighted by Crippen LogP contribution is -2.22. The molecule has 3 heterocycles. The molecule has 130 valence electrons. The van der Waals surface area contributed by atoms with E-state index in [1.54, 1.807) is 18.2 Å². The number of carbonyl (C=O) groups is 2. The Kier molecular flexibility index (Phi) is 3.70. The summed E-state index contributed by atoms with van der Waals surface area (Å²) in [7, 11) is 0. The third-order valence-electron chi connectivity index (χ3n) is 3.64. The van der Waals surface area contributed by atoms with Crippen LogP contribution >= 0.6 is 11.6 Å². The number of urea groups is 1. The number of nitrogens with zero attached hydrogens (tertiary/aromatic N) is 3. The predicted octanol–water partition coefficient (Wildman–Crippen LogP) is 1.89. The second kappa shape index (κ2) is 6.05. The maximum absolute atomic E-state index is 11.7. The van der Waals surface area contributed by atoms with Crippen LogP contribution in [-0.4, -0.2) is 26.5 Å². The standard InChI is InChI=1S/C16H12ClN7O2/c17-9-2-1-3-10(5-9)20-13-6-12(18)24-14(22-13)8(7-19-24)4-11-15(25)23-16(26)21-11/h1-7H,18H2,(H,20,22)(H2,21,23,25,26)/b11-4-. The van der Waals surface area contributed by atoms with E-state index in [-0.39, 0.29) is 5.70 Å². The number of anilines is 3. The lowest BCUT2D eigenvalue weighted by molar-refractivity contribution is -0.115. The second-order valence-corrected chi connectivity index (χ2v) is 5.94. The quantitative estimate of drug-likeness (QED) is 0.412. The van der Waals surface area contributed by atoms with Gasteiger partial charge in [-0.1, -0.05) is 17.7 Å². The van der Waals surface area contributed by atoms with E-state index in [4.69, 9.17) is 17.3 Å². The first-order valence-electron chi connectivity index (χ1n) is 7.50. The minimum absolute atomic E-state index is 0.110. The minimum Gasteiger partial charge on any atom is -0.383 e. The van der Waals surface area contributed by atoms with E-state index in [9.17, 15) is 9.59 Å². The number of hydrogen-bond donors (Lipinski definition) is 4. The largest absolute Gasteiger partial charge is 0.383 e. The Bertz CT molecular complexity index is 1090. The zero-order valence-corrected chi connectivity index (χ0v) is 13.9. The average Bonchev–Trinajstić information content (AvgIpc) is 3.11. The van der Waals surface area contributed by atoms with Crippen molar-refractivity contribution in [1.82, 2.24) is 25.2 Å². The highest BCUT2D eigenvalue weighted by Gasteiger charge is 2.23. The van der Waals surface area contributed by atoms with Gasteiger partial charge in [-0.25, -0.2) is 9.78 Å². The Morgan fingerprint density at radius 2 is 2.08 bits per heavy atom. The van der Waals surface area contributed by atoms with E-state index >= 15 is 0 Å². The molecule has 9 nitrogen and oxygen atoms in total.